The lowest BCUT2D eigenvalue weighted by Gasteiger charge is -1.88. The van der Waals surface area contributed by atoms with Gasteiger partial charge in [-0.1, -0.05) is 0 Å². The van der Waals surface area contributed by atoms with Crippen LogP contribution in [0.15, 0.2) is 33.8 Å². The molecule has 0 bridgehead atoms. The van der Waals surface area contributed by atoms with Gasteiger partial charge in [0.2, 0.25) is 14.9 Å². The Hall–Kier alpha value is -1.36. The zero-order valence-corrected chi connectivity index (χ0v) is 8.14. The smallest absolute Gasteiger partial charge is 0.219 e. The van der Waals surface area contributed by atoms with Gasteiger partial charge in [-0.2, -0.15) is 0 Å². The highest BCUT2D eigenvalue weighted by Gasteiger charge is 2.13. The molecule has 0 saturated heterocycles. The molecule has 5 heteroatoms. The van der Waals surface area contributed by atoms with E-state index in [9.17, 15) is 12.8 Å². The van der Waals surface area contributed by atoms with Crippen molar-refractivity contribution in [3.8, 4) is 0 Å². The van der Waals surface area contributed by atoms with Gasteiger partial charge in [-0.15, -0.1) is 0 Å². The molecular formula is C9H7FO3S. The molecule has 0 aliphatic carbocycles. The zero-order valence-electron chi connectivity index (χ0n) is 7.32. The highest BCUT2D eigenvalue weighted by atomic mass is 32.2. The number of halogens is 1. The fourth-order valence-electron chi connectivity index (χ4n) is 1.17. The first-order valence-corrected chi connectivity index (χ1v) is 5.75. The van der Waals surface area contributed by atoms with Crippen molar-refractivity contribution in [3.05, 3.63) is 30.1 Å². The molecule has 0 amide bonds. The number of benzene rings is 1. The van der Waals surface area contributed by atoms with Gasteiger partial charge < -0.3 is 4.42 Å². The molecule has 0 radical (unpaired) electrons. The molecule has 1 aromatic heterocycles. The normalized spacial score (nSPS) is 12.1. The maximum Gasteiger partial charge on any atom is 0.219 e. The van der Waals surface area contributed by atoms with E-state index in [0.717, 1.165) is 6.26 Å². The van der Waals surface area contributed by atoms with Gasteiger partial charge in [-0.05, 0) is 18.2 Å². The van der Waals surface area contributed by atoms with Crippen LogP contribution in [0.5, 0.6) is 0 Å². The molecule has 1 aromatic carbocycles. The first-order chi connectivity index (χ1) is 6.47. The third-order valence-corrected chi connectivity index (χ3v) is 2.75. The van der Waals surface area contributed by atoms with E-state index in [2.05, 4.69) is 0 Å². The summed E-state index contributed by atoms with van der Waals surface area (Å²) >= 11 is 0. The maximum absolute atomic E-state index is 12.8. The Bertz CT molecular complexity index is 583. The predicted molar refractivity (Wildman–Crippen MR) is 49.3 cm³/mol. The molecule has 74 valence electrons. The van der Waals surface area contributed by atoms with E-state index in [1.807, 2.05) is 0 Å². The largest absolute Gasteiger partial charge is 0.445 e. The zero-order chi connectivity index (χ0) is 10.3. The van der Waals surface area contributed by atoms with Gasteiger partial charge in [0.1, 0.15) is 11.4 Å². The first-order valence-electron chi connectivity index (χ1n) is 3.86. The van der Waals surface area contributed by atoms with E-state index < -0.39 is 15.7 Å². The van der Waals surface area contributed by atoms with Gasteiger partial charge in [-0.3, -0.25) is 0 Å². The Morgan fingerprint density at radius 3 is 2.64 bits per heavy atom. The SMILES string of the molecule is CS(=O)(=O)c1cc2cc(F)ccc2o1. The lowest BCUT2D eigenvalue weighted by atomic mass is 10.2. The number of fused-ring (bicyclic) bond motifs is 1. The quantitative estimate of drug-likeness (QED) is 0.729. The second kappa shape index (κ2) is 2.81. The molecule has 0 spiro atoms. The third kappa shape index (κ3) is 1.50. The fraction of sp³-hybridized carbons (Fsp3) is 0.111. The van der Waals surface area contributed by atoms with Crippen LogP contribution in [0.25, 0.3) is 11.0 Å². The van der Waals surface area contributed by atoms with Gasteiger partial charge in [0.25, 0.3) is 0 Å². The molecular weight excluding hydrogens is 207 g/mol. The summed E-state index contributed by atoms with van der Waals surface area (Å²) in [5.41, 5.74) is 0.367. The summed E-state index contributed by atoms with van der Waals surface area (Å²) in [6, 6.07) is 5.17. The minimum Gasteiger partial charge on any atom is -0.445 e. The molecule has 0 unspecified atom stereocenters. The maximum atomic E-state index is 12.8. The molecule has 0 fully saturated rings. The van der Waals surface area contributed by atoms with Crippen LogP contribution in [0.1, 0.15) is 0 Å². The molecule has 14 heavy (non-hydrogen) atoms. The van der Waals surface area contributed by atoms with Gasteiger partial charge in [0.15, 0.2) is 0 Å². The lowest BCUT2D eigenvalue weighted by molar-refractivity contribution is 0.484. The van der Waals surface area contributed by atoms with Crippen molar-refractivity contribution in [3.63, 3.8) is 0 Å². The van der Waals surface area contributed by atoms with Crippen molar-refractivity contribution < 1.29 is 17.2 Å². The van der Waals surface area contributed by atoms with Crippen LogP contribution >= 0.6 is 0 Å². The number of hydrogen-bond acceptors (Lipinski definition) is 3. The summed E-state index contributed by atoms with van der Waals surface area (Å²) < 4.78 is 40.0. The average molecular weight is 214 g/mol. The lowest BCUT2D eigenvalue weighted by Crippen LogP contribution is -1.93. The van der Waals surface area contributed by atoms with E-state index in [1.54, 1.807) is 0 Å². The van der Waals surface area contributed by atoms with Crippen molar-refractivity contribution in [2.45, 2.75) is 5.09 Å². The Kier molecular flexibility index (Phi) is 1.85. The van der Waals surface area contributed by atoms with Crippen LogP contribution in [0, 0.1) is 5.82 Å². The van der Waals surface area contributed by atoms with E-state index >= 15 is 0 Å². The molecule has 2 rings (SSSR count). The number of hydrogen-bond donors (Lipinski definition) is 0. The molecule has 0 saturated carbocycles. The van der Waals surface area contributed by atoms with Gasteiger partial charge in [0, 0.05) is 17.7 Å². The molecule has 0 aliphatic heterocycles. The Morgan fingerprint density at radius 1 is 1.29 bits per heavy atom. The molecule has 1 heterocycles. The van der Waals surface area contributed by atoms with Gasteiger partial charge in [-0.25, -0.2) is 12.8 Å². The first kappa shape index (κ1) is 9.21. The van der Waals surface area contributed by atoms with Crippen molar-refractivity contribution in [2.75, 3.05) is 6.26 Å². The van der Waals surface area contributed by atoms with Gasteiger partial charge in [0.05, 0.1) is 0 Å². The van der Waals surface area contributed by atoms with Crippen molar-refractivity contribution in [2.24, 2.45) is 0 Å². The van der Waals surface area contributed by atoms with Crippen LogP contribution in [-0.4, -0.2) is 14.7 Å². The summed E-state index contributed by atoms with van der Waals surface area (Å²) in [4.78, 5) is 0. The Morgan fingerprint density at radius 2 is 2.00 bits per heavy atom. The minimum atomic E-state index is -3.37. The summed E-state index contributed by atoms with van der Waals surface area (Å²) in [7, 11) is -3.37. The average Bonchev–Trinajstić information content (AvgIpc) is 2.45. The summed E-state index contributed by atoms with van der Waals surface area (Å²) in [5, 5.41) is 0.309. The second-order valence-electron chi connectivity index (χ2n) is 3.02. The number of sulfone groups is 1. The van der Waals surface area contributed by atoms with Gasteiger partial charge >= 0.3 is 0 Å². The Labute approximate surface area is 80.1 Å². The highest BCUT2D eigenvalue weighted by molar-refractivity contribution is 7.90. The molecule has 0 N–H and O–H groups in total. The van der Waals surface area contributed by atoms with E-state index in [0.29, 0.717) is 11.0 Å². The second-order valence-corrected chi connectivity index (χ2v) is 4.97. The minimum absolute atomic E-state index is 0.141. The van der Waals surface area contributed by atoms with Crippen LogP contribution in [0.4, 0.5) is 4.39 Å². The van der Waals surface area contributed by atoms with E-state index in [-0.39, 0.29) is 5.09 Å². The van der Waals surface area contributed by atoms with Crippen LogP contribution in [0.2, 0.25) is 0 Å². The Balaban J connectivity index is 2.75. The highest BCUT2D eigenvalue weighted by Crippen LogP contribution is 2.23. The van der Waals surface area contributed by atoms with Crippen molar-refractivity contribution >= 4 is 20.8 Å². The molecule has 0 atom stereocenters. The fourth-order valence-corrected chi connectivity index (χ4v) is 1.75. The number of rotatable bonds is 1. The van der Waals surface area contributed by atoms with Crippen molar-refractivity contribution in [1.82, 2.24) is 0 Å². The van der Waals surface area contributed by atoms with Crippen molar-refractivity contribution in [1.29, 1.82) is 0 Å². The summed E-state index contributed by atoms with van der Waals surface area (Å²) in [6.45, 7) is 0. The summed E-state index contributed by atoms with van der Waals surface area (Å²) in [6.07, 6.45) is 1.04. The third-order valence-electron chi connectivity index (χ3n) is 1.82. The van der Waals surface area contributed by atoms with Crippen LogP contribution in [-0.2, 0) is 9.84 Å². The number of furan rings is 1. The molecule has 3 nitrogen and oxygen atoms in total. The van der Waals surface area contributed by atoms with Crippen LogP contribution in [0.3, 0.4) is 0 Å². The standard InChI is InChI=1S/C9H7FO3S/c1-14(11,12)9-5-6-4-7(10)2-3-8(6)13-9/h2-5H,1H3. The topological polar surface area (TPSA) is 47.3 Å². The van der Waals surface area contributed by atoms with E-state index in [1.165, 1.54) is 24.3 Å². The molecule has 2 aromatic rings. The predicted octanol–water partition coefficient (Wildman–Crippen LogP) is 1.98. The summed E-state index contributed by atoms with van der Waals surface area (Å²) in [5.74, 6) is -0.418. The monoisotopic (exact) mass is 214 g/mol. The van der Waals surface area contributed by atoms with Crippen LogP contribution < -0.4 is 0 Å². The molecule has 0 aliphatic rings. The van der Waals surface area contributed by atoms with E-state index in [4.69, 9.17) is 4.42 Å².